The van der Waals surface area contributed by atoms with Crippen molar-refractivity contribution >= 4 is 47.0 Å². The van der Waals surface area contributed by atoms with Crippen LogP contribution in [0.1, 0.15) is 64.5 Å². The number of rotatable bonds is 7. The van der Waals surface area contributed by atoms with Crippen molar-refractivity contribution < 1.29 is 17.6 Å². The minimum atomic E-state index is -4.28. The highest BCUT2D eigenvalue weighted by Gasteiger charge is 2.46. The highest BCUT2D eigenvalue weighted by atomic mass is 79.9. The van der Waals surface area contributed by atoms with Crippen LogP contribution in [0.15, 0.2) is 46.1 Å². The van der Waals surface area contributed by atoms with Gasteiger partial charge in [-0.1, -0.05) is 40.5 Å². The maximum absolute atomic E-state index is 13.9. The van der Waals surface area contributed by atoms with Gasteiger partial charge in [-0.2, -0.15) is 18.3 Å². The van der Waals surface area contributed by atoms with E-state index in [0.717, 1.165) is 22.2 Å². The molecule has 1 aliphatic rings. The zero-order valence-corrected chi connectivity index (χ0v) is 26.6. The van der Waals surface area contributed by atoms with Crippen LogP contribution in [-0.2, 0) is 6.42 Å². The molecular weight excluding hydrogens is 599 g/mol. The number of hydrogen-bond acceptors (Lipinski definition) is 4. The summed E-state index contributed by atoms with van der Waals surface area (Å²) >= 11 is 3.46. The van der Waals surface area contributed by atoms with Crippen LogP contribution in [-0.4, -0.2) is 36.0 Å². The molecule has 2 atom stereocenters. The molecule has 1 aromatic carbocycles. The van der Waals surface area contributed by atoms with Gasteiger partial charge in [0.15, 0.2) is 0 Å². The van der Waals surface area contributed by atoms with E-state index in [4.69, 9.17) is 15.2 Å². The fraction of sp³-hybridized carbons (Fsp3) is 0.517. The van der Waals surface area contributed by atoms with E-state index in [1.807, 2.05) is 31.2 Å². The number of nitrogens with zero attached hydrogens (tertiary/aromatic N) is 3. The second-order valence-electron chi connectivity index (χ2n) is 12.1. The number of aromatic nitrogens is 2. The number of hydrogen-bond donors (Lipinski definition) is 2. The maximum atomic E-state index is 13.9. The van der Waals surface area contributed by atoms with Crippen molar-refractivity contribution in [3.05, 3.63) is 52.3 Å². The predicted molar refractivity (Wildman–Crippen MR) is 162 cm³/mol. The third kappa shape index (κ3) is 6.51. The monoisotopic (exact) mass is 637 g/mol. The van der Waals surface area contributed by atoms with Crippen LogP contribution < -0.4 is 15.5 Å². The van der Waals surface area contributed by atoms with Gasteiger partial charge in [0.05, 0.1) is 34.6 Å². The summed E-state index contributed by atoms with van der Waals surface area (Å²) in [7, 11) is -2.02. The highest BCUT2D eigenvalue weighted by molar-refractivity contribution is 9.10. The summed E-state index contributed by atoms with van der Waals surface area (Å²) in [6.07, 6.45) is 1.58. The normalized spacial score (nSPS) is 19.2. The van der Waals surface area contributed by atoms with E-state index in [1.54, 1.807) is 16.9 Å². The third-order valence-electron chi connectivity index (χ3n) is 8.25. The Morgan fingerprint density at radius 2 is 1.90 bits per heavy atom. The van der Waals surface area contributed by atoms with E-state index in [9.17, 15) is 13.2 Å². The molecule has 0 amide bonds. The topological polar surface area (TPSA) is 76.9 Å². The van der Waals surface area contributed by atoms with Crippen LogP contribution in [0, 0.1) is 5.92 Å². The number of anilines is 1. The Hall–Kier alpha value is -2.53. The number of alkyl halides is 3. The molecular formula is C29H39BrF3N5OSi. The Bertz CT molecular complexity index is 1400. The van der Waals surface area contributed by atoms with Crippen LogP contribution >= 0.6 is 15.9 Å². The SMILES string of the molecule is CCc1cc(O[Si](C)(C)C(C)(C)C)ccc1N=C(N)c1cnn2cc(Br)cc2c1NC1CCCCC1C(F)(F)F. The number of benzene rings is 1. The molecule has 1 saturated carbocycles. The molecule has 0 aliphatic heterocycles. The van der Waals surface area contributed by atoms with Gasteiger partial charge in [-0.15, -0.1) is 0 Å². The average molecular weight is 639 g/mol. The van der Waals surface area contributed by atoms with Crippen molar-refractivity contribution in [3.8, 4) is 5.75 Å². The van der Waals surface area contributed by atoms with E-state index in [-0.39, 0.29) is 17.3 Å². The van der Waals surface area contributed by atoms with Crippen LogP contribution in [0.2, 0.25) is 18.1 Å². The molecule has 6 nitrogen and oxygen atoms in total. The molecule has 0 bridgehead atoms. The molecule has 2 aromatic heterocycles. The molecule has 2 unspecified atom stereocenters. The van der Waals surface area contributed by atoms with Crippen molar-refractivity contribution in [3.63, 3.8) is 0 Å². The number of nitrogens with two attached hydrogens (primary N) is 1. The van der Waals surface area contributed by atoms with E-state index in [2.05, 4.69) is 60.2 Å². The standard InChI is InChI=1S/C29H39BrF3N5OSi/c1-7-18-14-20(39-40(5,6)28(2,3)4)12-13-23(18)37-27(34)21-16-35-38-17-19(30)15-25(38)26(21)36-24-11-9-8-10-22(24)29(31,32)33/h12-17,22,24,36H,7-11H2,1-6H3,(H2,34,37). The van der Waals surface area contributed by atoms with Gasteiger partial charge in [0.2, 0.25) is 8.32 Å². The van der Waals surface area contributed by atoms with E-state index in [1.165, 1.54) is 0 Å². The molecule has 2 heterocycles. The minimum absolute atomic E-state index is 0.0624. The molecule has 1 fully saturated rings. The Kier molecular flexibility index (Phi) is 8.66. The van der Waals surface area contributed by atoms with Gasteiger partial charge in [0.1, 0.15) is 11.6 Å². The molecule has 11 heteroatoms. The summed E-state index contributed by atoms with van der Waals surface area (Å²) in [5, 5.41) is 7.75. The first-order valence-electron chi connectivity index (χ1n) is 13.8. The highest BCUT2D eigenvalue weighted by Crippen LogP contribution is 2.41. The maximum Gasteiger partial charge on any atom is 0.393 e. The molecule has 3 N–H and O–H groups in total. The van der Waals surface area contributed by atoms with E-state index < -0.39 is 26.5 Å². The number of amidine groups is 1. The lowest BCUT2D eigenvalue weighted by Crippen LogP contribution is -2.43. The second kappa shape index (κ2) is 11.4. The quantitative estimate of drug-likeness (QED) is 0.154. The molecule has 0 spiro atoms. The van der Waals surface area contributed by atoms with Gasteiger partial charge in [-0.25, -0.2) is 9.51 Å². The summed E-state index contributed by atoms with van der Waals surface area (Å²) in [5.41, 5.74) is 9.83. The minimum Gasteiger partial charge on any atom is -0.543 e. The Labute approximate surface area is 243 Å². The fourth-order valence-corrected chi connectivity index (χ4v) is 6.34. The molecule has 40 heavy (non-hydrogen) atoms. The van der Waals surface area contributed by atoms with Crippen molar-refractivity contribution in [1.29, 1.82) is 0 Å². The van der Waals surface area contributed by atoms with Gasteiger partial charge in [0.25, 0.3) is 0 Å². The zero-order chi connectivity index (χ0) is 29.5. The molecule has 4 rings (SSSR count). The fourth-order valence-electron chi connectivity index (χ4n) is 4.91. The summed E-state index contributed by atoms with van der Waals surface area (Å²) in [6.45, 7) is 13.0. The molecule has 1 aliphatic carbocycles. The Morgan fingerprint density at radius 3 is 2.55 bits per heavy atom. The summed E-state index contributed by atoms with van der Waals surface area (Å²) in [5.74, 6) is -0.444. The van der Waals surface area contributed by atoms with Gasteiger partial charge in [-0.05, 0) is 83.2 Å². The molecule has 0 saturated heterocycles. The molecule has 218 valence electrons. The van der Waals surface area contributed by atoms with Crippen LogP contribution in [0.3, 0.4) is 0 Å². The lowest BCUT2D eigenvalue weighted by molar-refractivity contribution is -0.184. The summed E-state index contributed by atoms with van der Waals surface area (Å²) < 4.78 is 50.6. The first-order chi connectivity index (χ1) is 18.6. The van der Waals surface area contributed by atoms with Crippen LogP contribution in [0.5, 0.6) is 5.75 Å². The first-order valence-corrected chi connectivity index (χ1v) is 17.5. The van der Waals surface area contributed by atoms with Gasteiger partial charge in [0, 0.05) is 16.7 Å². The Morgan fingerprint density at radius 1 is 1.20 bits per heavy atom. The predicted octanol–water partition coefficient (Wildman–Crippen LogP) is 8.61. The zero-order valence-electron chi connectivity index (χ0n) is 24.0. The van der Waals surface area contributed by atoms with Crippen molar-refractivity contribution in [2.75, 3.05) is 5.32 Å². The van der Waals surface area contributed by atoms with Crippen LogP contribution in [0.4, 0.5) is 24.5 Å². The van der Waals surface area contributed by atoms with Gasteiger partial charge >= 0.3 is 6.18 Å². The van der Waals surface area contributed by atoms with E-state index in [0.29, 0.717) is 41.7 Å². The molecule has 3 aromatic rings. The largest absolute Gasteiger partial charge is 0.543 e. The smallest absolute Gasteiger partial charge is 0.393 e. The summed E-state index contributed by atoms with van der Waals surface area (Å²) in [4.78, 5) is 4.75. The van der Waals surface area contributed by atoms with Crippen molar-refractivity contribution in [2.24, 2.45) is 16.6 Å². The van der Waals surface area contributed by atoms with Gasteiger partial charge in [-0.3, -0.25) is 0 Å². The first kappa shape index (κ1) is 30.4. The number of fused-ring (bicyclic) bond motifs is 1. The molecule has 0 radical (unpaired) electrons. The lowest BCUT2D eigenvalue weighted by atomic mass is 9.83. The average Bonchev–Trinajstić information content (AvgIpc) is 3.24. The van der Waals surface area contributed by atoms with Crippen molar-refractivity contribution in [1.82, 2.24) is 9.61 Å². The second-order valence-corrected chi connectivity index (χ2v) is 17.7. The number of halogens is 4. The third-order valence-corrected chi connectivity index (χ3v) is 13.0. The number of aryl methyl sites for hydroxylation is 1. The van der Waals surface area contributed by atoms with Crippen LogP contribution in [0.25, 0.3) is 5.52 Å². The number of nitrogens with one attached hydrogen (secondary N) is 1. The van der Waals surface area contributed by atoms with Crippen molar-refractivity contribution in [2.45, 2.75) is 90.1 Å². The summed E-state index contributed by atoms with van der Waals surface area (Å²) in [6, 6.07) is 6.86. The Balaban J connectivity index is 1.73. The lowest BCUT2D eigenvalue weighted by Gasteiger charge is -2.36. The van der Waals surface area contributed by atoms with E-state index >= 15 is 0 Å². The number of aliphatic imine (C=N–C) groups is 1. The van der Waals surface area contributed by atoms with Gasteiger partial charge < -0.3 is 15.5 Å².